The van der Waals surface area contributed by atoms with Crippen LogP contribution in [0.3, 0.4) is 0 Å². The number of nitrogens with one attached hydrogen (secondary N) is 1. The van der Waals surface area contributed by atoms with Crippen molar-refractivity contribution in [3.63, 3.8) is 0 Å². The van der Waals surface area contributed by atoms with Gasteiger partial charge in [-0.25, -0.2) is 18.1 Å². The zero-order valence-corrected chi connectivity index (χ0v) is 12.2. The molecule has 2 aromatic heterocycles. The zero-order valence-electron chi connectivity index (χ0n) is 10.5. The fourth-order valence-corrected chi connectivity index (χ4v) is 3.81. The van der Waals surface area contributed by atoms with E-state index in [1.54, 1.807) is 17.6 Å². The lowest BCUT2D eigenvalue weighted by Gasteiger charge is -2.05. The summed E-state index contributed by atoms with van der Waals surface area (Å²) in [6.45, 7) is 0.675. The van der Waals surface area contributed by atoms with E-state index in [0.29, 0.717) is 19.5 Å². The minimum absolute atomic E-state index is 0.276. The highest BCUT2D eigenvalue weighted by Crippen LogP contribution is 2.18. The van der Waals surface area contributed by atoms with Crippen molar-refractivity contribution in [2.75, 3.05) is 6.54 Å². The van der Waals surface area contributed by atoms with E-state index in [2.05, 4.69) is 9.71 Å². The maximum atomic E-state index is 12.0. The molecule has 0 saturated heterocycles. The van der Waals surface area contributed by atoms with Crippen molar-refractivity contribution < 1.29 is 8.42 Å². The van der Waals surface area contributed by atoms with Crippen molar-refractivity contribution in [2.45, 2.75) is 17.9 Å². The van der Waals surface area contributed by atoms with Gasteiger partial charge in [-0.3, -0.25) is 0 Å². The Labute approximate surface area is 116 Å². The number of thiophene rings is 1. The number of hydrogen-bond donors (Lipinski definition) is 2. The van der Waals surface area contributed by atoms with Crippen LogP contribution in [0.25, 0.3) is 0 Å². The fraction of sp³-hybridized carbons (Fsp3) is 0.364. The van der Waals surface area contributed by atoms with Crippen LogP contribution in [0.2, 0.25) is 0 Å². The molecule has 0 aliphatic heterocycles. The highest BCUT2D eigenvalue weighted by molar-refractivity contribution is 7.89. The average Bonchev–Trinajstić information content (AvgIpc) is 2.99. The summed E-state index contributed by atoms with van der Waals surface area (Å²) in [6, 6.07) is 1.60. The molecule has 2 rings (SSSR count). The van der Waals surface area contributed by atoms with Crippen molar-refractivity contribution in [3.05, 3.63) is 34.5 Å². The van der Waals surface area contributed by atoms with E-state index in [-0.39, 0.29) is 4.90 Å². The summed E-state index contributed by atoms with van der Waals surface area (Å²) in [4.78, 5) is 5.27. The highest BCUT2D eigenvalue weighted by Gasteiger charge is 2.15. The molecular weight excluding hydrogens is 284 g/mol. The van der Waals surface area contributed by atoms with E-state index in [1.807, 2.05) is 17.8 Å². The van der Waals surface area contributed by atoms with E-state index >= 15 is 0 Å². The predicted molar refractivity (Wildman–Crippen MR) is 74.3 cm³/mol. The Kier molecular flexibility index (Phi) is 4.35. The minimum Gasteiger partial charge on any atom is -0.338 e. The normalized spacial score (nSPS) is 11.9. The van der Waals surface area contributed by atoms with Crippen LogP contribution in [-0.4, -0.2) is 24.5 Å². The highest BCUT2D eigenvalue weighted by atomic mass is 32.2. The first-order valence-corrected chi connectivity index (χ1v) is 8.12. The van der Waals surface area contributed by atoms with Gasteiger partial charge in [0.15, 0.2) is 0 Å². The van der Waals surface area contributed by atoms with Gasteiger partial charge in [0.2, 0.25) is 10.0 Å². The Morgan fingerprint density at radius 1 is 1.53 bits per heavy atom. The second kappa shape index (κ2) is 5.83. The van der Waals surface area contributed by atoms with Gasteiger partial charge in [0, 0.05) is 49.2 Å². The molecule has 0 fully saturated rings. The van der Waals surface area contributed by atoms with E-state index in [9.17, 15) is 8.42 Å². The van der Waals surface area contributed by atoms with Gasteiger partial charge in [-0.05, 0) is 6.07 Å². The van der Waals surface area contributed by atoms with Crippen LogP contribution in [0.5, 0.6) is 0 Å². The number of imidazole rings is 1. The molecule has 6 nitrogen and oxygen atoms in total. The molecule has 104 valence electrons. The molecule has 0 atom stereocenters. The molecule has 3 N–H and O–H groups in total. The first-order chi connectivity index (χ1) is 9.03. The summed E-state index contributed by atoms with van der Waals surface area (Å²) in [5, 5.41) is 1.60. The Hall–Kier alpha value is -1.22. The Morgan fingerprint density at radius 2 is 2.32 bits per heavy atom. The van der Waals surface area contributed by atoms with Crippen LogP contribution in [-0.2, 0) is 30.0 Å². The number of aromatic nitrogens is 2. The van der Waals surface area contributed by atoms with Crippen molar-refractivity contribution >= 4 is 21.4 Å². The molecule has 0 unspecified atom stereocenters. The van der Waals surface area contributed by atoms with Gasteiger partial charge in [-0.15, -0.1) is 11.3 Å². The number of rotatable bonds is 6. The lowest BCUT2D eigenvalue weighted by atomic mass is 10.4. The van der Waals surface area contributed by atoms with E-state index in [0.717, 1.165) is 10.7 Å². The maximum Gasteiger partial charge on any atom is 0.241 e. The Morgan fingerprint density at radius 3 is 2.89 bits per heavy atom. The Bertz CT molecular complexity index is 645. The number of nitrogens with zero attached hydrogens (tertiary/aromatic N) is 2. The van der Waals surface area contributed by atoms with Crippen molar-refractivity contribution in [2.24, 2.45) is 12.8 Å². The largest absolute Gasteiger partial charge is 0.338 e. The predicted octanol–water partition coefficient (Wildman–Crippen LogP) is 0.461. The molecule has 0 aromatic carbocycles. The minimum atomic E-state index is -3.45. The Balaban J connectivity index is 1.96. The van der Waals surface area contributed by atoms with Gasteiger partial charge >= 0.3 is 0 Å². The number of sulfonamides is 1. The number of aryl methyl sites for hydroxylation is 1. The second-order valence-electron chi connectivity index (χ2n) is 4.05. The molecular formula is C11H16N4O2S2. The van der Waals surface area contributed by atoms with Gasteiger partial charge in [-0.2, -0.15) is 0 Å². The van der Waals surface area contributed by atoms with Gasteiger partial charge in [-0.1, -0.05) is 0 Å². The van der Waals surface area contributed by atoms with Gasteiger partial charge in [0.25, 0.3) is 0 Å². The molecule has 0 radical (unpaired) electrons. The third-order valence-corrected chi connectivity index (χ3v) is 5.25. The molecule has 0 spiro atoms. The van der Waals surface area contributed by atoms with Crippen LogP contribution >= 0.6 is 11.3 Å². The van der Waals surface area contributed by atoms with Crippen LogP contribution in [0.4, 0.5) is 0 Å². The van der Waals surface area contributed by atoms with Crippen molar-refractivity contribution in [3.8, 4) is 0 Å². The topological polar surface area (TPSA) is 90.0 Å². The first-order valence-electron chi connectivity index (χ1n) is 5.76. The molecule has 0 bridgehead atoms. The van der Waals surface area contributed by atoms with Crippen molar-refractivity contribution in [1.82, 2.24) is 14.3 Å². The summed E-state index contributed by atoms with van der Waals surface area (Å²) in [5.41, 5.74) is 5.47. The third-order valence-electron chi connectivity index (χ3n) is 2.70. The monoisotopic (exact) mass is 300 g/mol. The molecule has 8 heteroatoms. The van der Waals surface area contributed by atoms with E-state index in [4.69, 9.17) is 5.73 Å². The second-order valence-corrected chi connectivity index (χ2v) is 6.82. The van der Waals surface area contributed by atoms with Crippen LogP contribution in [0.1, 0.15) is 10.7 Å². The third kappa shape index (κ3) is 3.41. The maximum absolute atomic E-state index is 12.0. The first kappa shape index (κ1) is 14.2. The van der Waals surface area contributed by atoms with Crippen molar-refractivity contribution in [1.29, 1.82) is 0 Å². The molecule has 0 saturated carbocycles. The van der Waals surface area contributed by atoms with Crippen LogP contribution in [0.15, 0.2) is 28.7 Å². The van der Waals surface area contributed by atoms with Gasteiger partial charge in [0.1, 0.15) is 5.82 Å². The van der Waals surface area contributed by atoms with E-state index in [1.165, 1.54) is 11.3 Å². The van der Waals surface area contributed by atoms with Gasteiger partial charge in [0.05, 0.1) is 4.90 Å². The van der Waals surface area contributed by atoms with Crippen LogP contribution in [0, 0.1) is 0 Å². The lowest BCUT2D eigenvalue weighted by Crippen LogP contribution is -2.26. The molecule has 0 aliphatic rings. The number of nitrogens with two attached hydrogens (primary N) is 1. The number of hydrogen-bond acceptors (Lipinski definition) is 5. The summed E-state index contributed by atoms with van der Waals surface area (Å²) < 4.78 is 28.4. The molecule has 2 aromatic rings. The molecule has 2 heterocycles. The van der Waals surface area contributed by atoms with Gasteiger partial charge < -0.3 is 10.3 Å². The summed E-state index contributed by atoms with van der Waals surface area (Å²) >= 11 is 1.35. The fourth-order valence-electron chi connectivity index (χ4n) is 1.63. The lowest BCUT2D eigenvalue weighted by molar-refractivity contribution is 0.580. The summed E-state index contributed by atoms with van der Waals surface area (Å²) in [5.74, 6) is 0.843. The zero-order chi connectivity index (χ0) is 13.9. The summed E-state index contributed by atoms with van der Waals surface area (Å²) in [7, 11) is -1.57. The molecule has 0 aliphatic carbocycles. The molecule has 19 heavy (non-hydrogen) atoms. The summed E-state index contributed by atoms with van der Waals surface area (Å²) in [6.07, 6.45) is 4.07. The average molecular weight is 300 g/mol. The van der Waals surface area contributed by atoms with E-state index < -0.39 is 10.0 Å². The molecule has 0 amide bonds. The quantitative estimate of drug-likeness (QED) is 0.811. The smallest absolute Gasteiger partial charge is 0.241 e. The standard InChI is InChI=1S/C11H16N4O2S2/c1-15-5-4-13-11(15)2-3-14-19(16,17)10-6-9(7-12)18-8-10/h4-6,8,14H,2-3,7,12H2,1H3. The SMILES string of the molecule is Cn1ccnc1CCNS(=O)(=O)c1csc(CN)c1. The van der Waals surface area contributed by atoms with Crippen LogP contribution < -0.4 is 10.5 Å².